The van der Waals surface area contributed by atoms with E-state index in [-0.39, 0.29) is 5.91 Å². The predicted octanol–water partition coefficient (Wildman–Crippen LogP) is 4.31. The summed E-state index contributed by atoms with van der Waals surface area (Å²) in [5.41, 5.74) is 1.85. The first-order valence-corrected chi connectivity index (χ1v) is 7.89. The largest absolute Gasteiger partial charge is 0.349 e. The van der Waals surface area contributed by atoms with Crippen LogP contribution in [0.1, 0.15) is 49.0 Å². The van der Waals surface area contributed by atoms with Crippen LogP contribution in [0.4, 0.5) is 0 Å². The number of carbonyl (C=O) groups is 1. The lowest BCUT2D eigenvalue weighted by Crippen LogP contribution is -2.37. The van der Waals surface area contributed by atoms with Gasteiger partial charge < -0.3 is 5.32 Å². The molecule has 1 fully saturated rings. The molecule has 0 aliphatic heterocycles. The second-order valence-electron chi connectivity index (χ2n) is 5.67. The molecule has 0 bridgehead atoms. The molecule has 2 nitrogen and oxygen atoms in total. The van der Waals surface area contributed by atoms with Gasteiger partial charge in [0, 0.05) is 10.5 Å². The molecule has 3 heteroatoms. The van der Waals surface area contributed by atoms with Crippen LogP contribution in [-0.4, -0.2) is 11.9 Å². The molecule has 1 aliphatic rings. The highest BCUT2D eigenvalue weighted by Crippen LogP contribution is 2.34. The fourth-order valence-corrected chi connectivity index (χ4v) is 3.51. The summed E-state index contributed by atoms with van der Waals surface area (Å²) in [5.74, 6) is 1.38. The molecule has 0 radical (unpaired) electrons. The lowest BCUT2D eigenvalue weighted by Gasteiger charge is -2.21. The average molecular weight is 324 g/mol. The van der Waals surface area contributed by atoms with E-state index in [4.69, 9.17) is 0 Å². The third-order valence-electron chi connectivity index (χ3n) is 4.43. The first kappa shape index (κ1) is 14.6. The zero-order valence-electron chi connectivity index (χ0n) is 11.9. The number of rotatable bonds is 3. The molecule has 3 atom stereocenters. The average Bonchev–Trinajstić information content (AvgIpc) is 2.73. The van der Waals surface area contributed by atoms with Crippen LogP contribution in [0.15, 0.2) is 22.7 Å². The number of amides is 1. The van der Waals surface area contributed by atoms with Gasteiger partial charge in [-0.25, -0.2) is 0 Å². The van der Waals surface area contributed by atoms with Crippen LogP contribution in [0, 0.1) is 18.8 Å². The molecule has 0 saturated heterocycles. The van der Waals surface area contributed by atoms with E-state index >= 15 is 0 Å². The van der Waals surface area contributed by atoms with Crippen molar-refractivity contribution in [2.24, 2.45) is 11.8 Å². The number of aryl methyl sites for hydroxylation is 1. The summed E-state index contributed by atoms with van der Waals surface area (Å²) in [6, 6.07) is 6.21. The number of benzene rings is 1. The summed E-state index contributed by atoms with van der Waals surface area (Å²) in [4.78, 5) is 12.4. The standard InChI is InChI=1S/C16H22BrNO/c1-4-12-6-8-15(11(12)3)18-16(19)13-9-10(2)5-7-14(13)17/h5,7,9,11-12,15H,4,6,8H2,1-3H3,(H,18,19). The molecular weight excluding hydrogens is 302 g/mol. The fraction of sp³-hybridized carbons (Fsp3) is 0.562. The second-order valence-corrected chi connectivity index (χ2v) is 6.52. The number of hydrogen-bond acceptors (Lipinski definition) is 1. The van der Waals surface area contributed by atoms with Gasteiger partial charge in [0.2, 0.25) is 0 Å². The molecule has 1 aromatic carbocycles. The van der Waals surface area contributed by atoms with Gasteiger partial charge in [-0.15, -0.1) is 0 Å². The van der Waals surface area contributed by atoms with E-state index < -0.39 is 0 Å². The van der Waals surface area contributed by atoms with Crippen molar-refractivity contribution in [3.05, 3.63) is 33.8 Å². The van der Waals surface area contributed by atoms with Crippen LogP contribution >= 0.6 is 15.9 Å². The molecule has 1 aromatic rings. The van der Waals surface area contributed by atoms with Gasteiger partial charge in [-0.05, 0) is 59.7 Å². The van der Waals surface area contributed by atoms with Crippen molar-refractivity contribution in [3.63, 3.8) is 0 Å². The first-order chi connectivity index (χ1) is 9.02. The van der Waals surface area contributed by atoms with Crippen LogP contribution in [0.5, 0.6) is 0 Å². The molecule has 1 saturated carbocycles. The van der Waals surface area contributed by atoms with Crippen LogP contribution in [-0.2, 0) is 0 Å². The smallest absolute Gasteiger partial charge is 0.252 e. The summed E-state index contributed by atoms with van der Waals surface area (Å²) < 4.78 is 0.869. The van der Waals surface area contributed by atoms with Crippen molar-refractivity contribution in [1.29, 1.82) is 0 Å². The van der Waals surface area contributed by atoms with E-state index in [0.717, 1.165) is 27.9 Å². The number of carbonyl (C=O) groups excluding carboxylic acids is 1. The molecule has 2 rings (SSSR count). The highest BCUT2D eigenvalue weighted by molar-refractivity contribution is 9.10. The van der Waals surface area contributed by atoms with E-state index in [1.165, 1.54) is 12.8 Å². The van der Waals surface area contributed by atoms with Crippen LogP contribution in [0.3, 0.4) is 0 Å². The molecule has 0 spiro atoms. The van der Waals surface area contributed by atoms with Crippen molar-refractivity contribution < 1.29 is 4.79 Å². The Morgan fingerprint density at radius 3 is 2.79 bits per heavy atom. The summed E-state index contributed by atoms with van der Waals surface area (Å²) in [7, 11) is 0. The van der Waals surface area contributed by atoms with Gasteiger partial charge >= 0.3 is 0 Å². The Bertz CT molecular complexity index is 472. The molecule has 104 valence electrons. The molecule has 1 aliphatic carbocycles. The molecule has 19 heavy (non-hydrogen) atoms. The number of nitrogens with one attached hydrogen (secondary N) is 1. The number of hydrogen-bond donors (Lipinski definition) is 1. The molecular formula is C16H22BrNO. The second kappa shape index (κ2) is 6.08. The van der Waals surface area contributed by atoms with Crippen molar-refractivity contribution in [3.8, 4) is 0 Å². The topological polar surface area (TPSA) is 29.1 Å². The SMILES string of the molecule is CCC1CCC(NC(=O)c2cc(C)ccc2Br)C1C. The van der Waals surface area contributed by atoms with Crippen LogP contribution in [0.2, 0.25) is 0 Å². The molecule has 1 amide bonds. The third kappa shape index (κ3) is 3.19. The minimum Gasteiger partial charge on any atom is -0.349 e. The quantitative estimate of drug-likeness (QED) is 0.882. The minimum atomic E-state index is 0.0455. The van der Waals surface area contributed by atoms with Gasteiger partial charge in [0.25, 0.3) is 5.91 Å². The van der Waals surface area contributed by atoms with Crippen molar-refractivity contribution in [2.45, 2.75) is 46.1 Å². The Labute approximate surface area is 124 Å². The van der Waals surface area contributed by atoms with Gasteiger partial charge in [-0.3, -0.25) is 4.79 Å². The van der Waals surface area contributed by atoms with E-state index in [1.807, 2.05) is 25.1 Å². The van der Waals surface area contributed by atoms with Crippen LogP contribution < -0.4 is 5.32 Å². The Morgan fingerprint density at radius 2 is 2.16 bits per heavy atom. The lowest BCUT2D eigenvalue weighted by molar-refractivity contribution is 0.0925. The highest BCUT2D eigenvalue weighted by Gasteiger charge is 2.32. The van der Waals surface area contributed by atoms with E-state index in [1.54, 1.807) is 0 Å². The molecule has 0 aromatic heterocycles. The maximum atomic E-state index is 12.4. The minimum absolute atomic E-state index is 0.0455. The molecule has 1 N–H and O–H groups in total. The van der Waals surface area contributed by atoms with Gasteiger partial charge in [0.1, 0.15) is 0 Å². The normalized spacial score (nSPS) is 26.4. The lowest BCUT2D eigenvalue weighted by atomic mass is 9.93. The Morgan fingerprint density at radius 1 is 1.42 bits per heavy atom. The Balaban J connectivity index is 2.07. The number of halogens is 1. The molecule has 3 unspecified atom stereocenters. The monoisotopic (exact) mass is 323 g/mol. The summed E-state index contributed by atoms with van der Waals surface area (Å²) in [5, 5.41) is 3.21. The van der Waals surface area contributed by atoms with Gasteiger partial charge in [0.05, 0.1) is 5.56 Å². The van der Waals surface area contributed by atoms with Gasteiger partial charge in [-0.1, -0.05) is 31.9 Å². The van der Waals surface area contributed by atoms with Gasteiger partial charge in [-0.2, -0.15) is 0 Å². The fourth-order valence-electron chi connectivity index (χ4n) is 3.09. The van der Waals surface area contributed by atoms with Crippen molar-refractivity contribution in [1.82, 2.24) is 5.32 Å². The summed E-state index contributed by atoms with van der Waals surface area (Å²) in [6.07, 6.45) is 3.55. The van der Waals surface area contributed by atoms with Crippen molar-refractivity contribution in [2.75, 3.05) is 0 Å². The summed E-state index contributed by atoms with van der Waals surface area (Å²) in [6.45, 7) is 6.51. The Kier molecular flexibility index (Phi) is 4.67. The maximum Gasteiger partial charge on any atom is 0.252 e. The predicted molar refractivity (Wildman–Crippen MR) is 82.3 cm³/mol. The van der Waals surface area contributed by atoms with E-state index in [2.05, 4.69) is 35.1 Å². The molecule has 0 heterocycles. The maximum absolute atomic E-state index is 12.4. The zero-order chi connectivity index (χ0) is 14.0. The summed E-state index contributed by atoms with van der Waals surface area (Å²) >= 11 is 3.46. The van der Waals surface area contributed by atoms with Gasteiger partial charge in [0.15, 0.2) is 0 Å². The van der Waals surface area contributed by atoms with E-state index in [9.17, 15) is 4.79 Å². The Hall–Kier alpha value is -0.830. The van der Waals surface area contributed by atoms with Crippen molar-refractivity contribution >= 4 is 21.8 Å². The third-order valence-corrected chi connectivity index (χ3v) is 5.13. The van der Waals surface area contributed by atoms with E-state index in [0.29, 0.717) is 12.0 Å². The highest BCUT2D eigenvalue weighted by atomic mass is 79.9. The van der Waals surface area contributed by atoms with Crippen LogP contribution in [0.25, 0.3) is 0 Å². The zero-order valence-corrected chi connectivity index (χ0v) is 13.5. The first-order valence-electron chi connectivity index (χ1n) is 7.10.